The molecule has 4 aromatic rings. The van der Waals surface area contributed by atoms with Crippen molar-refractivity contribution in [2.45, 2.75) is 25.4 Å². The maximum absolute atomic E-state index is 13.8. The molecule has 1 unspecified atom stereocenters. The number of halogens is 1. The van der Waals surface area contributed by atoms with Crippen LogP contribution in [0.15, 0.2) is 60.2 Å². The van der Waals surface area contributed by atoms with E-state index in [0.717, 1.165) is 19.4 Å². The first-order chi connectivity index (χ1) is 14.2. The average molecular weight is 391 g/mol. The fourth-order valence-corrected chi connectivity index (χ4v) is 3.85. The molecule has 1 aliphatic heterocycles. The first-order valence-electron chi connectivity index (χ1n) is 9.42. The first kappa shape index (κ1) is 17.5. The second kappa shape index (κ2) is 7.08. The largest absolute Gasteiger partial charge is 0.351 e. The van der Waals surface area contributed by atoms with Crippen LogP contribution in [0.3, 0.4) is 0 Å². The molecule has 0 N–H and O–H groups in total. The van der Waals surface area contributed by atoms with Crippen molar-refractivity contribution in [1.82, 2.24) is 29.3 Å². The molecule has 1 atom stereocenters. The van der Waals surface area contributed by atoms with Gasteiger partial charge < -0.3 is 4.90 Å². The highest BCUT2D eigenvalue weighted by atomic mass is 19.1. The molecule has 5 rings (SSSR count). The lowest BCUT2D eigenvalue weighted by Crippen LogP contribution is -2.37. The van der Waals surface area contributed by atoms with Gasteiger partial charge in [-0.25, -0.2) is 24.0 Å². The average Bonchev–Trinajstić information content (AvgIpc) is 3.41. The van der Waals surface area contributed by atoms with Gasteiger partial charge in [-0.1, -0.05) is 0 Å². The maximum Gasteiger partial charge on any atom is 0.266 e. The molecule has 1 aromatic carbocycles. The summed E-state index contributed by atoms with van der Waals surface area (Å²) in [5, 5.41) is 5.16. The van der Waals surface area contributed by atoms with E-state index in [-0.39, 0.29) is 17.4 Å². The van der Waals surface area contributed by atoms with Crippen LogP contribution in [-0.4, -0.2) is 41.9 Å². The van der Waals surface area contributed by atoms with Crippen molar-refractivity contribution >= 4 is 16.7 Å². The molecular formula is C20H18FN7O. The summed E-state index contributed by atoms with van der Waals surface area (Å²) in [6, 6.07) is 7.72. The lowest BCUT2D eigenvalue weighted by atomic mass is 10.2. The van der Waals surface area contributed by atoms with Crippen molar-refractivity contribution in [3.63, 3.8) is 0 Å². The van der Waals surface area contributed by atoms with E-state index < -0.39 is 0 Å². The molecular weight excluding hydrogens is 373 g/mol. The Labute approximate surface area is 165 Å². The van der Waals surface area contributed by atoms with Crippen molar-refractivity contribution in [2.24, 2.45) is 0 Å². The van der Waals surface area contributed by atoms with Gasteiger partial charge in [0.05, 0.1) is 18.1 Å². The first-order valence-corrected chi connectivity index (χ1v) is 9.42. The molecule has 1 saturated heterocycles. The van der Waals surface area contributed by atoms with Gasteiger partial charge in [0.25, 0.3) is 5.56 Å². The summed E-state index contributed by atoms with van der Waals surface area (Å²) >= 11 is 0. The molecule has 0 amide bonds. The minimum Gasteiger partial charge on any atom is -0.351 e. The predicted molar refractivity (Wildman–Crippen MR) is 105 cm³/mol. The van der Waals surface area contributed by atoms with Crippen molar-refractivity contribution in [1.29, 1.82) is 0 Å². The topological polar surface area (TPSA) is 81.7 Å². The van der Waals surface area contributed by atoms with Gasteiger partial charge in [0.1, 0.15) is 24.3 Å². The molecule has 4 heterocycles. The van der Waals surface area contributed by atoms with Gasteiger partial charge >= 0.3 is 0 Å². The molecule has 0 spiro atoms. The molecule has 0 aliphatic carbocycles. The lowest BCUT2D eigenvalue weighted by molar-refractivity contribution is 0.485. The van der Waals surface area contributed by atoms with E-state index >= 15 is 0 Å². The van der Waals surface area contributed by atoms with Gasteiger partial charge in [0.2, 0.25) is 0 Å². The molecule has 0 bridgehead atoms. The third-order valence-corrected chi connectivity index (χ3v) is 5.23. The van der Waals surface area contributed by atoms with Crippen molar-refractivity contribution < 1.29 is 4.39 Å². The van der Waals surface area contributed by atoms with E-state index in [0.29, 0.717) is 29.1 Å². The Hall–Kier alpha value is -3.62. The van der Waals surface area contributed by atoms with E-state index in [9.17, 15) is 9.18 Å². The second-order valence-electron chi connectivity index (χ2n) is 7.03. The Bertz CT molecular complexity index is 1220. The van der Waals surface area contributed by atoms with Gasteiger partial charge in [-0.3, -0.25) is 9.36 Å². The molecule has 0 radical (unpaired) electrons. The Morgan fingerprint density at radius 3 is 2.97 bits per heavy atom. The van der Waals surface area contributed by atoms with Crippen LogP contribution in [0.25, 0.3) is 16.7 Å². The minimum atomic E-state index is -0.324. The third-order valence-electron chi connectivity index (χ3n) is 5.23. The zero-order valence-corrected chi connectivity index (χ0v) is 15.5. The number of anilines is 1. The zero-order chi connectivity index (χ0) is 19.8. The SMILES string of the molecule is O=c1ccc(-n2ccnc2)nn1CC1CCCN1c1ncnc2ccc(F)cc12. The number of rotatable bonds is 4. The second-order valence-corrected chi connectivity index (χ2v) is 7.03. The highest BCUT2D eigenvalue weighted by molar-refractivity contribution is 5.89. The van der Waals surface area contributed by atoms with E-state index in [2.05, 4.69) is 25.0 Å². The standard InChI is InChI=1S/C20H18FN7O/c21-14-3-4-17-16(10-14)20(24-12-23-17)27-8-1-2-15(27)11-28-19(29)6-5-18(25-28)26-9-7-22-13-26/h3-7,9-10,12-13,15H,1-2,8,11H2. The van der Waals surface area contributed by atoms with Gasteiger partial charge in [-0.2, -0.15) is 5.10 Å². The van der Waals surface area contributed by atoms with Crippen LogP contribution in [0.5, 0.6) is 0 Å². The van der Waals surface area contributed by atoms with E-state index in [1.807, 2.05) is 0 Å². The molecule has 1 fully saturated rings. The van der Waals surface area contributed by atoms with E-state index in [4.69, 9.17) is 0 Å². The van der Waals surface area contributed by atoms with Crippen molar-refractivity contribution in [3.8, 4) is 5.82 Å². The smallest absolute Gasteiger partial charge is 0.266 e. The minimum absolute atomic E-state index is 0.0274. The van der Waals surface area contributed by atoms with Crippen LogP contribution in [0.4, 0.5) is 10.2 Å². The Balaban J connectivity index is 1.49. The fraction of sp³-hybridized carbons (Fsp3) is 0.250. The van der Waals surface area contributed by atoms with Crippen LogP contribution in [0.1, 0.15) is 12.8 Å². The van der Waals surface area contributed by atoms with Crippen LogP contribution < -0.4 is 10.5 Å². The summed E-state index contributed by atoms with van der Waals surface area (Å²) in [5.41, 5.74) is 0.527. The monoisotopic (exact) mass is 391 g/mol. The molecule has 8 nitrogen and oxygen atoms in total. The number of aromatic nitrogens is 6. The highest BCUT2D eigenvalue weighted by Gasteiger charge is 2.28. The maximum atomic E-state index is 13.8. The van der Waals surface area contributed by atoms with Crippen LogP contribution >= 0.6 is 0 Å². The van der Waals surface area contributed by atoms with Crippen LogP contribution in [0.2, 0.25) is 0 Å². The number of fused-ring (bicyclic) bond motifs is 1. The third kappa shape index (κ3) is 3.24. The molecule has 3 aromatic heterocycles. The molecule has 0 saturated carbocycles. The summed E-state index contributed by atoms with van der Waals surface area (Å²) in [6.07, 6.45) is 8.43. The summed E-state index contributed by atoms with van der Waals surface area (Å²) in [6.45, 7) is 1.20. The number of benzene rings is 1. The van der Waals surface area contributed by atoms with Crippen LogP contribution in [0, 0.1) is 5.82 Å². The molecule has 9 heteroatoms. The number of imidazole rings is 1. The summed E-state index contributed by atoms with van der Waals surface area (Å²) in [7, 11) is 0. The highest BCUT2D eigenvalue weighted by Crippen LogP contribution is 2.30. The van der Waals surface area contributed by atoms with Gasteiger partial charge in [0.15, 0.2) is 5.82 Å². The summed E-state index contributed by atoms with van der Waals surface area (Å²) in [5.74, 6) is 0.993. The number of hydrogen-bond acceptors (Lipinski definition) is 6. The van der Waals surface area contributed by atoms with Crippen molar-refractivity contribution in [2.75, 3.05) is 11.4 Å². The Morgan fingerprint density at radius 1 is 1.17 bits per heavy atom. The normalized spacial score (nSPS) is 16.6. The fourth-order valence-electron chi connectivity index (χ4n) is 3.85. The van der Waals surface area contributed by atoms with Gasteiger partial charge in [-0.15, -0.1) is 0 Å². The van der Waals surface area contributed by atoms with E-state index in [1.54, 1.807) is 35.4 Å². The molecule has 1 aliphatic rings. The molecule has 146 valence electrons. The van der Waals surface area contributed by atoms with Crippen molar-refractivity contribution in [3.05, 3.63) is 71.6 Å². The number of hydrogen-bond donors (Lipinski definition) is 0. The number of nitrogens with zero attached hydrogens (tertiary/aromatic N) is 7. The lowest BCUT2D eigenvalue weighted by Gasteiger charge is -2.26. The zero-order valence-electron chi connectivity index (χ0n) is 15.5. The van der Waals surface area contributed by atoms with Crippen LogP contribution in [-0.2, 0) is 6.54 Å². The Morgan fingerprint density at radius 2 is 2.10 bits per heavy atom. The van der Waals surface area contributed by atoms with E-state index in [1.165, 1.54) is 29.2 Å². The Kier molecular flexibility index (Phi) is 4.27. The summed E-state index contributed by atoms with van der Waals surface area (Å²) < 4.78 is 17.1. The quantitative estimate of drug-likeness (QED) is 0.530. The summed E-state index contributed by atoms with van der Waals surface area (Å²) in [4.78, 5) is 27.2. The molecule has 29 heavy (non-hydrogen) atoms. The van der Waals surface area contributed by atoms with Gasteiger partial charge in [-0.05, 0) is 37.1 Å². The predicted octanol–water partition coefficient (Wildman–Crippen LogP) is 2.18. The van der Waals surface area contributed by atoms with Gasteiger partial charge in [0, 0.05) is 30.4 Å².